The summed E-state index contributed by atoms with van der Waals surface area (Å²) in [4.78, 5) is 11.0. The van der Waals surface area contributed by atoms with E-state index in [2.05, 4.69) is 21.2 Å². The van der Waals surface area contributed by atoms with Crippen molar-refractivity contribution < 1.29 is 27.8 Å². The Hall–Kier alpha value is -1.28. The van der Waals surface area contributed by atoms with Crippen molar-refractivity contribution in [3.05, 3.63) is 27.7 Å². The molecule has 1 aliphatic heterocycles. The number of halogens is 4. The van der Waals surface area contributed by atoms with Crippen LogP contribution in [-0.2, 0) is 11.0 Å². The first-order valence-corrected chi connectivity index (χ1v) is 6.94. The molecule has 0 saturated carbocycles. The summed E-state index contributed by atoms with van der Waals surface area (Å²) in [5.74, 6) is -1.30. The van der Waals surface area contributed by atoms with Gasteiger partial charge in [0, 0.05) is 18.2 Å². The van der Waals surface area contributed by atoms with E-state index in [9.17, 15) is 18.0 Å². The second-order valence-corrected chi connectivity index (χ2v) is 5.66. The number of carboxylic acid groups (broad SMARTS) is 1. The first kappa shape index (κ1) is 16.1. The summed E-state index contributed by atoms with van der Waals surface area (Å²) in [6, 6.07) is 1.47. The third-order valence-corrected chi connectivity index (χ3v) is 4.05. The number of carboxylic acids is 1. The summed E-state index contributed by atoms with van der Waals surface area (Å²) in [5.41, 5.74) is -0.492. The van der Waals surface area contributed by atoms with E-state index < -0.39 is 29.7 Å². The average Bonchev–Trinajstić information content (AvgIpc) is 2.86. The van der Waals surface area contributed by atoms with Gasteiger partial charge in [-0.25, -0.2) is 0 Å². The van der Waals surface area contributed by atoms with E-state index in [0.29, 0.717) is 5.56 Å². The van der Waals surface area contributed by atoms with Crippen molar-refractivity contribution in [1.29, 1.82) is 0 Å². The summed E-state index contributed by atoms with van der Waals surface area (Å²) in [6.07, 6.45) is -4.26. The van der Waals surface area contributed by atoms with Gasteiger partial charge in [0.25, 0.3) is 0 Å². The normalized spacial score (nSPS) is 22.3. The number of ether oxygens (including phenoxy) is 1. The molecule has 8 heteroatoms. The second kappa shape index (κ2) is 5.84. The molecule has 116 valence electrons. The molecule has 0 amide bonds. The van der Waals surface area contributed by atoms with Crippen LogP contribution in [0.4, 0.5) is 13.2 Å². The molecule has 1 fully saturated rings. The van der Waals surface area contributed by atoms with E-state index in [-0.39, 0.29) is 23.2 Å². The van der Waals surface area contributed by atoms with Crippen LogP contribution in [0.25, 0.3) is 0 Å². The highest BCUT2D eigenvalue weighted by molar-refractivity contribution is 9.10. The summed E-state index contributed by atoms with van der Waals surface area (Å²) in [6.45, 7) is 0.219. The molecule has 0 bridgehead atoms. The smallest absolute Gasteiger partial charge is 0.416 e. The Morgan fingerprint density at radius 1 is 1.48 bits per heavy atom. The fraction of sp³-hybridized carbons (Fsp3) is 0.462. The molecule has 0 radical (unpaired) electrons. The van der Waals surface area contributed by atoms with Crippen molar-refractivity contribution >= 4 is 21.9 Å². The minimum Gasteiger partial charge on any atom is -0.495 e. The van der Waals surface area contributed by atoms with Crippen molar-refractivity contribution in [2.75, 3.05) is 13.7 Å². The van der Waals surface area contributed by atoms with Gasteiger partial charge in [0.15, 0.2) is 0 Å². The van der Waals surface area contributed by atoms with Crippen LogP contribution in [0.1, 0.15) is 23.6 Å². The third-order valence-electron chi connectivity index (χ3n) is 3.46. The number of aliphatic carboxylic acids is 1. The number of hydrogen-bond acceptors (Lipinski definition) is 3. The van der Waals surface area contributed by atoms with E-state index in [0.717, 1.165) is 12.1 Å². The Morgan fingerprint density at radius 3 is 2.62 bits per heavy atom. The van der Waals surface area contributed by atoms with E-state index in [1.54, 1.807) is 0 Å². The molecule has 1 heterocycles. The van der Waals surface area contributed by atoms with E-state index in [1.807, 2.05) is 0 Å². The summed E-state index contributed by atoms with van der Waals surface area (Å²) < 4.78 is 44.0. The van der Waals surface area contributed by atoms with Gasteiger partial charge in [-0.15, -0.1) is 0 Å². The number of methoxy groups -OCH3 is 1. The summed E-state index contributed by atoms with van der Waals surface area (Å²) in [5, 5.41) is 11.9. The Labute approximate surface area is 127 Å². The van der Waals surface area contributed by atoms with Crippen LogP contribution in [-0.4, -0.2) is 24.7 Å². The third kappa shape index (κ3) is 3.32. The predicted octanol–water partition coefficient (Wildman–Crippen LogP) is 3.21. The fourth-order valence-corrected chi connectivity index (χ4v) is 3.05. The van der Waals surface area contributed by atoms with Crippen molar-refractivity contribution in [2.45, 2.75) is 18.6 Å². The zero-order valence-corrected chi connectivity index (χ0v) is 12.6. The average molecular weight is 368 g/mol. The summed E-state index contributed by atoms with van der Waals surface area (Å²) >= 11 is 3.07. The minimum absolute atomic E-state index is 0.190. The first-order chi connectivity index (χ1) is 9.74. The quantitative estimate of drug-likeness (QED) is 0.861. The molecule has 0 aliphatic carbocycles. The summed E-state index contributed by atoms with van der Waals surface area (Å²) in [7, 11) is 1.36. The molecule has 2 unspecified atom stereocenters. The number of alkyl halides is 3. The van der Waals surface area contributed by atoms with Crippen LogP contribution >= 0.6 is 15.9 Å². The Morgan fingerprint density at radius 2 is 2.14 bits per heavy atom. The molecule has 0 aromatic heterocycles. The second-order valence-electron chi connectivity index (χ2n) is 4.81. The van der Waals surface area contributed by atoms with Crippen LogP contribution < -0.4 is 10.1 Å². The maximum absolute atomic E-state index is 12.9. The van der Waals surface area contributed by atoms with Crippen LogP contribution in [0.5, 0.6) is 5.75 Å². The lowest BCUT2D eigenvalue weighted by atomic mass is 9.97. The lowest BCUT2D eigenvalue weighted by molar-refractivity contribution is -0.141. The maximum Gasteiger partial charge on any atom is 0.416 e. The molecule has 2 N–H and O–H groups in total. The van der Waals surface area contributed by atoms with Gasteiger partial charge in [-0.3, -0.25) is 4.79 Å². The number of carbonyl (C=O) groups is 1. The monoisotopic (exact) mass is 367 g/mol. The molecule has 1 aliphatic rings. The Bertz CT molecular complexity index is 562. The van der Waals surface area contributed by atoms with Crippen molar-refractivity contribution in [3.8, 4) is 5.75 Å². The Kier molecular flexibility index (Phi) is 4.48. The minimum atomic E-state index is -4.48. The fourth-order valence-electron chi connectivity index (χ4n) is 2.41. The van der Waals surface area contributed by atoms with Crippen molar-refractivity contribution in [3.63, 3.8) is 0 Å². The van der Waals surface area contributed by atoms with Gasteiger partial charge in [-0.05, 0) is 34.5 Å². The molecule has 1 aromatic carbocycles. The lowest BCUT2D eigenvalue weighted by Gasteiger charge is -2.19. The first-order valence-electron chi connectivity index (χ1n) is 6.15. The molecular formula is C13H13BrF3NO3. The number of benzene rings is 1. The topological polar surface area (TPSA) is 58.6 Å². The van der Waals surface area contributed by atoms with Gasteiger partial charge in [0.1, 0.15) is 5.75 Å². The Balaban J connectivity index is 2.42. The molecule has 1 aromatic rings. The van der Waals surface area contributed by atoms with Crippen LogP contribution in [0.3, 0.4) is 0 Å². The highest BCUT2D eigenvalue weighted by Gasteiger charge is 2.36. The molecular weight excluding hydrogens is 355 g/mol. The number of nitrogens with one attached hydrogen (secondary N) is 1. The van der Waals surface area contributed by atoms with E-state index >= 15 is 0 Å². The van der Waals surface area contributed by atoms with Gasteiger partial charge in [-0.2, -0.15) is 13.2 Å². The molecule has 2 rings (SSSR count). The van der Waals surface area contributed by atoms with Gasteiger partial charge < -0.3 is 15.2 Å². The SMILES string of the molecule is COc1c(Br)cc(C(F)(F)F)cc1C1CC(C(=O)O)CN1. The van der Waals surface area contributed by atoms with Crippen LogP contribution in [0.15, 0.2) is 16.6 Å². The highest BCUT2D eigenvalue weighted by atomic mass is 79.9. The standard InChI is InChI=1S/C13H13BrF3NO3/c1-21-11-8(10-2-6(5-18-10)12(19)20)3-7(4-9(11)14)13(15,16)17/h3-4,6,10,18H,2,5H2,1H3,(H,19,20). The predicted molar refractivity (Wildman–Crippen MR) is 72.2 cm³/mol. The van der Waals surface area contributed by atoms with Crippen molar-refractivity contribution in [2.24, 2.45) is 5.92 Å². The lowest BCUT2D eigenvalue weighted by Crippen LogP contribution is -2.18. The van der Waals surface area contributed by atoms with E-state index in [1.165, 1.54) is 7.11 Å². The molecule has 21 heavy (non-hydrogen) atoms. The number of hydrogen-bond donors (Lipinski definition) is 2. The zero-order chi connectivity index (χ0) is 15.8. The molecule has 0 spiro atoms. The van der Waals surface area contributed by atoms with Crippen LogP contribution in [0, 0.1) is 5.92 Å². The highest BCUT2D eigenvalue weighted by Crippen LogP contribution is 2.42. The van der Waals surface area contributed by atoms with Gasteiger partial charge in [-0.1, -0.05) is 0 Å². The molecule has 2 atom stereocenters. The maximum atomic E-state index is 12.9. The zero-order valence-electron chi connectivity index (χ0n) is 11.0. The number of rotatable bonds is 3. The van der Waals surface area contributed by atoms with Crippen LogP contribution in [0.2, 0.25) is 0 Å². The molecule has 4 nitrogen and oxygen atoms in total. The van der Waals surface area contributed by atoms with Crippen molar-refractivity contribution in [1.82, 2.24) is 5.32 Å². The molecule has 1 saturated heterocycles. The largest absolute Gasteiger partial charge is 0.495 e. The van der Waals surface area contributed by atoms with Gasteiger partial charge >= 0.3 is 12.1 Å². The van der Waals surface area contributed by atoms with Gasteiger partial charge in [0.05, 0.1) is 23.1 Å². The van der Waals surface area contributed by atoms with Gasteiger partial charge in [0.2, 0.25) is 0 Å². The van der Waals surface area contributed by atoms with E-state index in [4.69, 9.17) is 9.84 Å².